The van der Waals surface area contributed by atoms with Crippen LogP contribution in [0.5, 0.6) is 0 Å². The number of nitrogens with zero attached hydrogens (tertiary/aromatic N) is 2. The molecule has 0 spiro atoms. The maximum atomic E-state index is 12.9. The summed E-state index contributed by atoms with van der Waals surface area (Å²) in [7, 11) is 0. The second-order valence-electron chi connectivity index (χ2n) is 13.4. The first kappa shape index (κ1) is 38.5. The van der Waals surface area contributed by atoms with Gasteiger partial charge in [-0.2, -0.15) is 0 Å². The SMILES string of the molecule is CCCC(C)(C)C(C)OCC1CCC(COC(C)OC(=O)CCn2c(=O)[nH]c(=O)n(CCC(=O)OC(C)(CC)CC)c2=O)CC1. The van der Waals surface area contributed by atoms with Gasteiger partial charge in [0.15, 0.2) is 6.29 Å². The van der Waals surface area contributed by atoms with Crippen LogP contribution in [0.1, 0.15) is 120 Å². The molecule has 1 N–H and O–H groups in total. The number of H-pyrrole nitrogens is 1. The zero-order chi connectivity index (χ0) is 33.8. The average molecular weight is 640 g/mol. The highest BCUT2D eigenvalue weighted by atomic mass is 16.7. The van der Waals surface area contributed by atoms with Crippen molar-refractivity contribution in [1.82, 2.24) is 14.1 Å². The van der Waals surface area contributed by atoms with Crippen LogP contribution in [0.15, 0.2) is 14.4 Å². The second kappa shape index (κ2) is 17.8. The molecule has 0 saturated heterocycles. The van der Waals surface area contributed by atoms with E-state index in [0.717, 1.165) is 54.3 Å². The van der Waals surface area contributed by atoms with Crippen LogP contribution in [0.25, 0.3) is 0 Å². The van der Waals surface area contributed by atoms with E-state index in [-0.39, 0.29) is 37.5 Å². The average Bonchev–Trinajstić information content (AvgIpc) is 2.98. The van der Waals surface area contributed by atoms with Gasteiger partial charge in [0, 0.05) is 19.7 Å². The third-order valence-electron chi connectivity index (χ3n) is 9.51. The minimum atomic E-state index is -0.939. The van der Waals surface area contributed by atoms with Crippen molar-refractivity contribution in [1.29, 1.82) is 0 Å². The van der Waals surface area contributed by atoms with Crippen LogP contribution < -0.4 is 17.1 Å². The van der Waals surface area contributed by atoms with Gasteiger partial charge in [-0.3, -0.25) is 14.6 Å². The first-order valence-corrected chi connectivity index (χ1v) is 16.7. The summed E-state index contributed by atoms with van der Waals surface area (Å²) >= 11 is 0. The lowest BCUT2D eigenvalue weighted by Gasteiger charge is -2.34. The molecule has 0 aliphatic heterocycles. The molecule has 2 rings (SSSR count). The Morgan fingerprint density at radius 2 is 1.31 bits per heavy atom. The number of esters is 2. The molecule has 45 heavy (non-hydrogen) atoms. The van der Waals surface area contributed by atoms with Crippen LogP contribution in [0.2, 0.25) is 0 Å². The standard InChI is InChI=1S/C33H57N3O9/c1-9-18-32(6,7)23(4)42-21-25-12-14-26(15-13-25)22-43-24(5)44-27(37)16-19-35-29(39)34-30(40)36(31(35)41)20-17-28(38)45-33(8,10-2)11-3/h23-26H,9-22H2,1-8H3,(H,34,39,40). The molecule has 2 unspecified atom stereocenters. The molecular formula is C33H57N3O9. The van der Waals surface area contributed by atoms with Gasteiger partial charge in [-0.05, 0) is 83.0 Å². The number of hydrogen-bond acceptors (Lipinski definition) is 9. The Kier molecular flexibility index (Phi) is 15.2. The number of carbonyl (C=O) groups is 2. The number of rotatable bonds is 19. The molecule has 0 bridgehead atoms. The molecule has 1 aliphatic rings. The quantitative estimate of drug-likeness (QED) is 0.170. The van der Waals surface area contributed by atoms with Gasteiger partial charge in [-0.25, -0.2) is 23.5 Å². The van der Waals surface area contributed by atoms with E-state index in [2.05, 4.69) is 32.7 Å². The van der Waals surface area contributed by atoms with E-state index < -0.39 is 40.9 Å². The first-order chi connectivity index (χ1) is 21.1. The molecule has 1 fully saturated rings. The third-order valence-corrected chi connectivity index (χ3v) is 9.51. The molecule has 2 atom stereocenters. The Labute approximate surface area is 267 Å². The van der Waals surface area contributed by atoms with E-state index in [1.807, 2.05) is 20.8 Å². The maximum Gasteiger partial charge on any atom is 0.336 e. The molecule has 1 aliphatic carbocycles. The zero-order valence-corrected chi connectivity index (χ0v) is 28.8. The van der Waals surface area contributed by atoms with E-state index in [1.54, 1.807) is 6.92 Å². The van der Waals surface area contributed by atoms with E-state index in [1.165, 1.54) is 0 Å². The Hall–Kier alpha value is -2.73. The number of ether oxygens (including phenoxy) is 4. The highest BCUT2D eigenvalue weighted by Gasteiger charge is 2.28. The summed E-state index contributed by atoms with van der Waals surface area (Å²) < 4.78 is 24.4. The lowest BCUT2D eigenvalue weighted by molar-refractivity contribution is -0.178. The summed E-state index contributed by atoms with van der Waals surface area (Å²) in [6.07, 6.45) is 6.67. The Balaban J connectivity index is 1.78. The van der Waals surface area contributed by atoms with Crippen LogP contribution >= 0.6 is 0 Å². The van der Waals surface area contributed by atoms with Crippen molar-refractivity contribution in [3.05, 3.63) is 31.5 Å². The summed E-state index contributed by atoms with van der Waals surface area (Å²) in [5.74, 6) is -0.274. The van der Waals surface area contributed by atoms with Crippen molar-refractivity contribution in [3.63, 3.8) is 0 Å². The van der Waals surface area contributed by atoms with Crippen molar-refractivity contribution in [2.75, 3.05) is 13.2 Å². The number of aromatic amines is 1. The van der Waals surface area contributed by atoms with Crippen molar-refractivity contribution in [2.45, 2.75) is 151 Å². The minimum Gasteiger partial charge on any atom is -0.459 e. The molecule has 0 radical (unpaired) electrons. The minimum absolute atomic E-state index is 0.172. The fraction of sp³-hybridized carbons (Fsp3) is 0.848. The first-order valence-electron chi connectivity index (χ1n) is 16.7. The molecule has 0 aromatic carbocycles. The zero-order valence-electron chi connectivity index (χ0n) is 28.8. The van der Waals surface area contributed by atoms with Gasteiger partial charge in [0.2, 0.25) is 0 Å². The molecule has 1 aromatic rings. The van der Waals surface area contributed by atoms with Crippen LogP contribution in [0, 0.1) is 17.3 Å². The van der Waals surface area contributed by atoms with Crippen LogP contribution in [-0.2, 0) is 41.6 Å². The molecule has 12 nitrogen and oxygen atoms in total. The molecular weight excluding hydrogens is 582 g/mol. The van der Waals surface area contributed by atoms with Gasteiger partial charge in [-0.1, -0.05) is 41.0 Å². The molecule has 1 saturated carbocycles. The molecule has 1 heterocycles. The van der Waals surface area contributed by atoms with Crippen molar-refractivity contribution in [2.24, 2.45) is 17.3 Å². The molecule has 1 aromatic heterocycles. The number of hydrogen-bond donors (Lipinski definition) is 1. The fourth-order valence-electron chi connectivity index (χ4n) is 5.53. The van der Waals surface area contributed by atoms with Crippen LogP contribution in [-0.4, -0.2) is 57.3 Å². The summed E-state index contributed by atoms with van der Waals surface area (Å²) in [6, 6.07) is 0. The monoisotopic (exact) mass is 639 g/mol. The number of carbonyl (C=O) groups excluding carboxylic acids is 2. The van der Waals surface area contributed by atoms with Crippen molar-refractivity contribution < 1.29 is 28.5 Å². The largest absolute Gasteiger partial charge is 0.459 e. The smallest absolute Gasteiger partial charge is 0.336 e. The Bertz CT molecular complexity index is 1250. The topological polar surface area (TPSA) is 148 Å². The lowest BCUT2D eigenvalue weighted by Crippen LogP contribution is -2.50. The second-order valence-corrected chi connectivity index (χ2v) is 13.4. The summed E-state index contributed by atoms with van der Waals surface area (Å²) in [4.78, 5) is 64.3. The van der Waals surface area contributed by atoms with Gasteiger partial charge < -0.3 is 18.9 Å². The Morgan fingerprint density at radius 1 is 0.822 bits per heavy atom. The van der Waals surface area contributed by atoms with E-state index in [0.29, 0.717) is 31.3 Å². The predicted octanol–water partition coefficient (Wildman–Crippen LogP) is 4.54. The fourth-order valence-corrected chi connectivity index (χ4v) is 5.53. The van der Waals surface area contributed by atoms with Gasteiger partial charge in [0.25, 0.3) is 0 Å². The molecule has 12 heteroatoms. The third kappa shape index (κ3) is 12.2. The highest BCUT2D eigenvalue weighted by Crippen LogP contribution is 2.33. The van der Waals surface area contributed by atoms with Crippen molar-refractivity contribution in [3.8, 4) is 0 Å². The van der Waals surface area contributed by atoms with Crippen molar-refractivity contribution >= 4 is 11.9 Å². The molecule has 258 valence electrons. The Morgan fingerprint density at radius 3 is 1.80 bits per heavy atom. The lowest BCUT2D eigenvalue weighted by atomic mass is 9.81. The summed E-state index contributed by atoms with van der Waals surface area (Å²) in [5, 5.41) is 0. The van der Waals surface area contributed by atoms with Gasteiger partial charge in [0.1, 0.15) is 5.60 Å². The summed E-state index contributed by atoms with van der Waals surface area (Å²) in [5.41, 5.74) is -3.24. The van der Waals surface area contributed by atoms with E-state index in [4.69, 9.17) is 18.9 Å². The van der Waals surface area contributed by atoms with E-state index >= 15 is 0 Å². The highest BCUT2D eigenvalue weighted by molar-refractivity contribution is 5.70. The normalized spacial score (nSPS) is 18.8. The summed E-state index contributed by atoms with van der Waals surface area (Å²) in [6.45, 7) is 16.9. The van der Waals surface area contributed by atoms with E-state index in [9.17, 15) is 24.0 Å². The predicted molar refractivity (Wildman–Crippen MR) is 171 cm³/mol. The van der Waals surface area contributed by atoms with Gasteiger partial charge in [0.05, 0.1) is 25.6 Å². The number of aromatic nitrogens is 3. The molecule has 0 amide bonds. The maximum absolute atomic E-state index is 12.9. The number of nitrogens with one attached hydrogen (secondary N) is 1. The van der Waals surface area contributed by atoms with Crippen LogP contribution in [0.3, 0.4) is 0 Å². The van der Waals surface area contributed by atoms with Gasteiger partial charge >= 0.3 is 29.0 Å². The van der Waals surface area contributed by atoms with Gasteiger partial charge in [-0.15, -0.1) is 0 Å². The van der Waals surface area contributed by atoms with Crippen LogP contribution in [0.4, 0.5) is 0 Å².